The molecule has 0 amide bonds. The number of aromatic nitrogens is 1. The minimum Gasteiger partial charge on any atom is -0.265 e. The first kappa shape index (κ1) is 10.4. The molecule has 76 valence electrons. The molecule has 0 spiro atoms. The second-order valence-electron chi connectivity index (χ2n) is 3.98. The van der Waals surface area contributed by atoms with Gasteiger partial charge in [-0.05, 0) is 36.1 Å². The molecule has 0 unspecified atom stereocenters. The van der Waals surface area contributed by atoms with E-state index in [1.165, 1.54) is 29.9 Å². The Morgan fingerprint density at radius 3 is 2.57 bits per heavy atom. The predicted octanol–water partition coefficient (Wildman–Crippen LogP) is 3.27. The minimum absolute atomic E-state index is 0.525. The minimum atomic E-state index is 0.525. The highest BCUT2D eigenvalue weighted by Crippen LogP contribution is 2.45. The number of thiol groups is 1. The summed E-state index contributed by atoms with van der Waals surface area (Å²) < 4.78 is 0. The van der Waals surface area contributed by atoms with Crippen molar-refractivity contribution >= 4 is 24.4 Å². The summed E-state index contributed by atoms with van der Waals surface area (Å²) in [6, 6.07) is 4.16. The fourth-order valence-electron chi connectivity index (χ4n) is 1.70. The molecule has 1 aliphatic carbocycles. The van der Waals surface area contributed by atoms with Gasteiger partial charge in [0.15, 0.2) is 0 Å². The molecule has 1 saturated carbocycles. The average molecular weight is 225 g/mol. The van der Waals surface area contributed by atoms with Gasteiger partial charge in [0.1, 0.15) is 0 Å². The summed E-state index contributed by atoms with van der Waals surface area (Å²) in [6.45, 7) is 0. The highest BCUT2D eigenvalue weighted by molar-refractivity contribution is 7.99. The first-order chi connectivity index (χ1) is 6.85. The molecule has 2 rings (SSSR count). The maximum atomic E-state index is 4.45. The van der Waals surface area contributed by atoms with Crippen LogP contribution >= 0.6 is 24.4 Å². The van der Waals surface area contributed by atoms with Crippen LogP contribution in [0.4, 0.5) is 0 Å². The van der Waals surface area contributed by atoms with Gasteiger partial charge in [-0.3, -0.25) is 4.98 Å². The van der Waals surface area contributed by atoms with Gasteiger partial charge in [-0.25, -0.2) is 0 Å². The third-order valence-corrected chi connectivity index (χ3v) is 4.98. The van der Waals surface area contributed by atoms with Crippen LogP contribution in [-0.2, 0) is 0 Å². The molecule has 1 heterocycles. The monoisotopic (exact) mass is 225 g/mol. The van der Waals surface area contributed by atoms with Crippen LogP contribution in [0.25, 0.3) is 0 Å². The number of rotatable bonds is 4. The Morgan fingerprint density at radius 2 is 2.07 bits per heavy atom. The van der Waals surface area contributed by atoms with Crippen LogP contribution in [0.2, 0.25) is 0 Å². The van der Waals surface area contributed by atoms with Crippen LogP contribution in [0.5, 0.6) is 0 Å². The third kappa shape index (κ3) is 2.26. The first-order valence-electron chi connectivity index (χ1n) is 4.98. The first-order valence-corrected chi connectivity index (χ1v) is 6.60. The van der Waals surface area contributed by atoms with Crippen molar-refractivity contribution < 1.29 is 0 Å². The molecule has 0 N–H and O–H groups in total. The van der Waals surface area contributed by atoms with Gasteiger partial charge in [0.2, 0.25) is 0 Å². The zero-order chi connectivity index (χ0) is 9.86. The molecule has 1 aromatic heterocycles. The molecule has 1 aliphatic rings. The molecule has 3 heteroatoms. The maximum absolute atomic E-state index is 4.45. The summed E-state index contributed by atoms with van der Waals surface area (Å²) in [5, 5.41) is 0. The van der Waals surface area contributed by atoms with Crippen molar-refractivity contribution in [2.45, 2.75) is 24.2 Å². The normalized spacial score (nSPS) is 18.9. The van der Waals surface area contributed by atoms with E-state index in [9.17, 15) is 0 Å². The van der Waals surface area contributed by atoms with Crippen LogP contribution in [0.1, 0.15) is 19.3 Å². The zero-order valence-corrected chi connectivity index (χ0v) is 9.86. The third-order valence-electron chi connectivity index (χ3n) is 2.94. The van der Waals surface area contributed by atoms with E-state index in [2.05, 4.69) is 29.7 Å². The lowest BCUT2D eigenvalue weighted by Crippen LogP contribution is -2.33. The number of pyridine rings is 1. The SMILES string of the molecule is SCC1(CSc2ccncc2)CCC1. The smallest absolute Gasteiger partial charge is 0.0278 e. The van der Waals surface area contributed by atoms with Crippen LogP contribution in [0.15, 0.2) is 29.4 Å². The molecule has 1 aromatic rings. The number of hydrogen-bond donors (Lipinski definition) is 1. The number of nitrogens with zero attached hydrogens (tertiary/aromatic N) is 1. The largest absolute Gasteiger partial charge is 0.265 e. The Bertz CT molecular complexity index is 277. The van der Waals surface area contributed by atoms with Gasteiger partial charge in [0.05, 0.1) is 0 Å². The van der Waals surface area contributed by atoms with Crippen molar-refractivity contribution in [3.05, 3.63) is 24.5 Å². The highest BCUT2D eigenvalue weighted by Gasteiger charge is 2.35. The van der Waals surface area contributed by atoms with Crippen molar-refractivity contribution in [3.8, 4) is 0 Å². The van der Waals surface area contributed by atoms with E-state index < -0.39 is 0 Å². The van der Waals surface area contributed by atoms with Crippen LogP contribution in [0.3, 0.4) is 0 Å². The van der Waals surface area contributed by atoms with Crippen molar-refractivity contribution in [2.75, 3.05) is 11.5 Å². The lowest BCUT2D eigenvalue weighted by atomic mass is 9.72. The van der Waals surface area contributed by atoms with E-state index >= 15 is 0 Å². The zero-order valence-electron chi connectivity index (χ0n) is 8.15. The summed E-state index contributed by atoms with van der Waals surface area (Å²) in [5.41, 5.74) is 0.525. The van der Waals surface area contributed by atoms with Crippen LogP contribution in [0, 0.1) is 5.41 Å². The standard InChI is InChI=1S/C11H15NS2/c13-8-11(4-1-5-11)9-14-10-2-6-12-7-3-10/h2-3,6-7,13H,1,4-5,8-9H2. The number of thioether (sulfide) groups is 1. The molecular weight excluding hydrogens is 210 g/mol. The molecule has 0 saturated heterocycles. The summed E-state index contributed by atoms with van der Waals surface area (Å²) in [5.74, 6) is 2.24. The molecule has 0 atom stereocenters. The Hall–Kier alpha value is -0.150. The highest BCUT2D eigenvalue weighted by atomic mass is 32.2. The molecule has 0 radical (unpaired) electrons. The lowest BCUT2D eigenvalue weighted by molar-refractivity contribution is 0.205. The van der Waals surface area contributed by atoms with Gasteiger partial charge in [-0.15, -0.1) is 11.8 Å². The van der Waals surface area contributed by atoms with Gasteiger partial charge in [-0.1, -0.05) is 6.42 Å². The summed E-state index contributed by atoms with van der Waals surface area (Å²) >= 11 is 6.39. The Kier molecular flexibility index (Phi) is 3.39. The Balaban J connectivity index is 1.88. The molecule has 14 heavy (non-hydrogen) atoms. The molecule has 0 bridgehead atoms. The van der Waals surface area contributed by atoms with Crippen molar-refractivity contribution in [1.82, 2.24) is 4.98 Å². The lowest BCUT2D eigenvalue weighted by Gasteiger charge is -2.40. The summed E-state index contributed by atoms with van der Waals surface area (Å²) in [7, 11) is 0. The maximum Gasteiger partial charge on any atom is 0.0278 e. The molecular formula is C11H15NS2. The Labute approximate surface area is 95.1 Å². The topological polar surface area (TPSA) is 12.9 Å². The fraction of sp³-hybridized carbons (Fsp3) is 0.545. The summed E-state index contributed by atoms with van der Waals surface area (Å²) in [6.07, 6.45) is 7.81. The molecule has 1 nitrogen and oxygen atoms in total. The second kappa shape index (κ2) is 4.58. The second-order valence-corrected chi connectivity index (χ2v) is 5.35. The number of hydrogen-bond acceptors (Lipinski definition) is 3. The molecule has 0 aliphatic heterocycles. The van der Waals surface area contributed by atoms with E-state index in [0.29, 0.717) is 5.41 Å². The predicted molar refractivity (Wildman–Crippen MR) is 65.1 cm³/mol. The van der Waals surface area contributed by atoms with E-state index in [1.54, 1.807) is 0 Å². The van der Waals surface area contributed by atoms with E-state index in [1.807, 2.05) is 24.2 Å². The van der Waals surface area contributed by atoms with Crippen LogP contribution < -0.4 is 0 Å². The molecule has 1 fully saturated rings. The molecule has 0 aromatic carbocycles. The van der Waals surface area contributed by atoms with Crippen molar-refractivity contribution in [2.24, 2.45) is 5.41 Å². The fourth-order valence-corrected chi connectivity index (χ4v) is 3.45. The van der Waals surface area contributed by atoms with Gasteiger partial charge in [0, 0.05) is 23.0 Å². The van der Waals surface area contributed by atoms with Gasteiger partial charge in [0.25, 0.3) is 0 Å². The Morgan fingerprint density at radius 1 is 1.36 bits per heavy atom. The van der Waals surface area contributed by atoms with Gasteiger partial charge >= 0.3 is 0 Å². The van der Waals surface area contributed by atoms with Crippen molar-refractivity contribution in [1.29, 1.82) is 0 Å². The van der Waals surface area contributed by atoms with E-state index in [-0.39, 0.29) is 0 Å². The van der Waals surface area contributed by atoms with Gasteiger partial charge < -0.3 is 0 Å². The quantitative estimate of drug-likeness (QED) is 0.624. The average Bonchev–Trinajstić information content (AvgIpc) is 2.19. The van der Waals surface area contributed by atoms with E-state index in [0.717, 1.165) is 5.75 Å². The van der Waals surface area contributed by atoms with Crippen LogP contribution in [-0.4, -0.2) is 16.5 Å². The van der Waals surface area contributed by atoms with Gasteiger partial charge in [-0.2, -0.15) is 12.6 Å². The van der Waals surface area contributed by atoms with E-state index in [4.69, 9.17) is 0 Å². The van der Waals surface area contributed by atoms with Crippen molar-refractivity contribution in [3.63, 3.8) is 0 Å². The summed E-state index contributed by atoms with van der Waals surface area (Å²) in [4.78, 5) is 5.34.